The van der Waals surface area contributed by atoms with Gasteiger partial charge in [0.05, 0.1) is 0 Å². The van der Waals surface area contributed by atoms with E-state index in [1.54, 1.807) is 0 Å². The molecule has 2 amide bonds. The highest BCUT2D eigenvalue weighted by Gasteiger charge is 2.34. The first kappa shape index (κ1) is 15.5. The molecule has 0 radical (unpaired) electrons. The third kappa shape index (κ3) is 4.09. The van der Waals surface area contributed by atoms with Gasteiger partial charge in [-0.3, -0.25) is 9.59 Å². The maximum absolute atomic E-state index is 12.4. The van der Waals surface area contributed by atoms with Crippen LogP contribution < -0.4 is 10.6 Å². The topological polar surface area (TPSA) is 58.2 Å². The number of nitrogens with one attached hydrogen (secondary N) is 2. The lowest BCUT2D eigenvalue weighted by molar-refractivity contribution is -0.126. The van der Waals surface area contributed by atoms with E-state index in [4.69, 9.17) is 0 Å². The number of amides is 2. The second-order valence-electron chi connectivity index (χ2n) is 6.23. The zero-order valence-electron chi connectivity index (χ0n) is 13.1. The Morgan fingerprint density at radius 2 is 1.91 bits per heavy atom. The Balaban J connectivity index is 1.54. The Morgan fingerprint density at radius 1 is 1.09 bits per heavy atom. The van der Waals surface area contributed by atoms with Crippen molar-refractivity contribution in [2.75, 3.05) is 5.32 Å². The maximum atomic E-state index is 12.4. The molecule has 4 nitrogen and oxygen atoms in total. The van der Waals surface area contributed by atoms with Crippen molar-refractivity contribution in [3.05, 3.63) is 54.3 Å². The Labute approximate surface area is 136 Å². The first-order chi connectivity index (χ1) is 11.2. The highest BCUT2D eigenvalue weighted by molar-refractivity contribution is 5.91. The molecule has 0 aromatic heterocycles. The Kier molecular flexibility index (Phi) is 4.91. The predicted octanol–water partition coefficient (Wildman–Crippen LogP) is 3.39. The number of para-hydroxylation sites is 1. The average Bonchev–Trinajstić information content (AvgIpc) is 3.20. The van der Waals surface area contributed by atoms with Crippen molar-refractivity contribution in [1.29, 1.82) is 0 Å². The van der Waals surface area contributed by atoms with E-state index in [0.717, 1.165) is 37.1 Å². The van der Waals surface area contributed by atoms with Gasteiger partial charge in [0, 0.05) is 30.1 Å². The summed E-state index contributed by atoms with van der Waals surface area (Å²) in [5.41, 5.74) is 1.76. The smallest absolute Gasteiger partial charge is 0.227 e. The summed E-state index contributed by atoms with van der Waals surface area (Å²) in [5, 5.41) is 5.91. The van der Waals surface area contributed by atoms with Crippen LogP contribution in [0, 0.1) is 11.8 Å². The highest BCUT2D eigenvalue weighted by atomic mass is 16.2. The van der Waals surface area contributed by atoms with Crippen LogP contribution in [0.2, 0.25) is 0 Å². The summed E-state index contributed by atoms with van der Waals surface area (Å²) in [6, 6.07) is 9.45. The Morgan fingerprint density at radius 3 is 2.65 bits per heavy atom. The molecule has 0 aliphatic heterocycles. The van der Waals surface area contributed by atoms with Crippen LogP contribution in [0.4, 0.5) is 5.69 Å². The van der Waals surface area contributed by atoms with Gasteiger partial charge in [-0.2, -0.15) is 0 Å². The van der Waals surface area contributed by atoms with Gasteiger partial charge in [0.25, 0.3) is 0 Å². The van der Waals surface area contributed by atoms with Crippen molar-refractivity contribution < 1.29 is 9.59 Å². The standard InChI is InChI=1S/C19H22N2O2/c22-18(20-15-8-2-1-3-9-15)13-14-7-6-12-17(14)19(23)21-16-10-4-5-11-16/h1-5,8-10,14,17H,6-7,11-13H2,(H,20,22)(H,21,23). The zero-order chi connectivity index (χ0) is 16.1. The van der Waals surface area contributed by atoms with Crippen LogP contribution in [-0.2, 0) is 9.59 Å². The Bertz CT molecular complexity index is 634. The highest BCUT2D eigenvalue weighted by Crippen LogP contribution is 2.35. The van der Waals surface area contributed by atoms with E-state index in [1.807, 2.05) is 48.6 Å². The van der Waals surface area contributed by atoms with Crippen LogP contribution >= 0.6 is 0 Å². The maximum Gasteiger partial charge on any atom is 0.227 e. The van der Waals surface area contributed by atoms with Gasteiger partial charge in [0.15, 0.2) is 0 Å². The van der Waals surface area contributed by atoms with Gasteiger partial charge in [-0.15, -0.1) is 0 Å². The molecule has 23 heavy (non-hydrogen) atoms. The van der Waals surface area contributed by atoms with Gasteiger partial charge in [0.1, 0.15) is 0 Å². The van der Waals surface area contributed by atoms with E-state index in [2.05, 4.69) is 10.6 Å². The normalized spacial score (nSPS) is 22.7. The van der Waals surface area contributed by atoms with Crippen LogP contribution in [0.5, 0.6) is 0 Å². The molecule has 0 heterocycles. The van der Waals surface area contributed by atoms with Gasteiger partial charge < -0.3 is 10.6 Å². The summed E-state index contributed by atoms with van der Waals surface area (Å²) >= 11 is 0. The van der Waals surface area contributed by atoms with Gasteiger partial charge in [-0.25, -0.2) is 0 Å². The predicted molar refractivity (Wildman–Crippen MR) is 90.5 cm³/mol. The average molecular weight is 310 g/mol. The minimum absolute atomic E-state index is 0.0114. The number of rotatable bonds is 5. The fourth-order valence-corrected chi connectivity index (χ4v) is 3.39. The van der Waals surface area contributed by atoms with Crippen molar-refractivity contribution in [2.45, 2.75) is 32.1 Å². The number of carbonyl (C=O) groups is 2. The molecule has 1 fully saturated rings. The monoisotopic (exact) mass is 310 g/mol. The number of allylic oxidation sites excluding steroid dienone is 3. The van der Waals surface area contributed by atoms with Gasteiger partial charge in [-0.05, 0) is 37.0 Å². The number of carbonyl (C=O) groups excluding carboxylic acids is 2. The molecule has 2 aliphatic carbocycles. The van der Waals surface area contributed by atoms with Crippen LogP contribution in [0.1, 0.15) is 32.1 Å². The molecule has 120 valence electrons. The van der Waals surface area contributed by atoms with Crippen molar-refractivity contribution in [3.8, 4) is 0 Å². The van der Waals surface area contributed by atoms with E-state index < -0.39 is 0 Å². The van der Waals surface area contributed by atoms with Crippen molar-refractivity contribution in [2.24, 2.45) is 11.8 Å². The molecule has 1 aromatic carbocycles. The third-order valence-corrected chi connectivity index (χ3v) is 4.56. The first-order valence-electron chi connectivity index (χ1n) is 8.24. The molecule has 4 heteroatoms. The number of hydrogen-bond acceptors (Lipinski definition) is 2. The summed E-state index contributed by atoms with van der Waals surface area (Å²) in [6.07, 6.45) is 9.93. The molecule has 3 rings (SSSR count). The number of anilines is 1. The van der Waals surface area contributed by atoms with E-state index >= 15 is 0 Å². The lowest BCUT2D eigenvalue weighted by Crippen LogP contribution is -2.33. The largest absolute Gasteiger partial charge is 0.329 e. The lowest BCUT2D eigenvalue weighted by Gasteiger charge is -2.19. The van der Waals surface area contributed by atoms with Crippen molar-refractivity contribution >= 4 is 17.5 Å². The molecule has 0 bridgehead atoms. The lowest BCUT2D eigenvalue weighted by atomic mass is 9.91. The summed E-state index contributed by atoms with van der Waals surface area (Å²) in [5.74, 6) is 0.129. The molecular weight excluding hydrogens is 288 g/mol. The van der Waals surface area contributed by atoms with Crippen molar-refractivity contribution in [1.82, 2.24) is 5.32 Å². The van der Waals surface area contributed by atoms with Crippen LogP contribution in [0.3, 0.4) is 0 Å². The fraction of sp³-hybridized carbons (Fsp3) is 0.368. The second-order valence-corrected chi connectivity index (χ2v) is 6.23. The van der Waals surface area contributed by atoms with Crippen molar-refractivity contribution in [3.63, 3.8) is 0 Å². The van der Waals surface area contributed by atoms with E-state index in [1.165, 1.54) is 0 Å². The molecular formula is C19H22N2O2. The van der Waals surface area contributed by atoms with Crippen LogP contribution in [0.15, 0.2) is 54.3 Å². The summed E-state index contributed by atoms with van der Waals surface area (Å²) in [6.45, 7) is 0. The van der Waals surface area contributed by atoms with E-state index in [0.29, 0.717) is 6.42 Å². The van der Waals surface area contributed by atoms with E-state index in [9.17, 15) is 9.59 Å². The van der Waals surface area contributed by atoms with Crippen LogP contribution in [0.25, 0.3) is 0 Å². The van der Waals surface area contributed by atoms with Gasteiger partial charge in [0.2, 0.25) is 11.8 Å². The Hall–Kier alpha value is -2.36. The number of benzene rings is 1. The minimum atomic E-state index is -0.0574. The molecule has 0 spiro atoms. The molecule has 2 atom stereocenters. The molecule has 1 aromatic rings. The fourth-order valence-electron chi connectivity index (χ4n) is 3.39. The third-order valence-electron chi connectivity index (χ3n) is 4.56. The molecule has 0 saturated heterocycles. The minimum Gasteiger partial charge on any atom is -0.329 e. The van der Waals surface area contributed by atoms with Gasteiger partial charge in [-0.1, -0.05) is 36.8 Å². The molecule has 1 saturated carbocycles. The van der Waals surface area contributed by atoms with Crippen LogP contribution in [-0.4, -0.2) is 11.8 Å². The van der Waals surface area contributed by atoms with Gasteiger partial charge >= 0.3 is 0 Å². The summed E-state index contributed by atoms with van der Waals surface area (Å²) < 4.78 is 0. The van der Waals surface area contributed by atoms with E-state index in [-0.39, 0.29) is 23.7 Å². The summed E-state index contributed by atoms with van der Waals surface area (Å²) in [7, 11) is 0. The molecule has 2 N–H and O–H groups in total. The molecule has 2 unspecified atom stereocenters. The summed E-state index contributed by atoms with van der Waals surface area (Å²) in [4.78, 5) is 24.7. The molecule has 2 aliphatic rings. The quantitative estimate of drug-likeness (QED) is 0.876. The zero-order valence-corrected chi connectivity index (χ0v) is 13.1. The first-order valence-corrected chi connectivity index (χ1v) is 8.24. The second kappa shape index (κ2) is 7.27. The number of hydrogen-bond donors (Lipinski definition) is 2. The SMILES string of the molecule is O=C(CC1CCCC1C(=O)NC1=CC=CC1)Nc1ccccc1.